The molecule has 1 amide bonds. The number of aromatic nitrogens is 3. The first-order valence-corrected chi connectivity index (χ1v) is 13.0. The van der Waals surface area contributed by atoms with Crippen molar-refractivity contribution in [3.05, 3.63) is 46.7 Å². The van der Waals surface area contributed by atoms with Gasteiger partial charge in [-0.1, -0.05) is 19.3 Å². The summed E-state index contributed by atoms with van der Waals surface area (Å²) in [5.41, 5.74) is 0.334. The van der Waals surface area contributed by atoms with E-state index in [9.17, 15) is 15.0 Å². The predicted octanol–water partition coefficient (Wildman–Crippen LogP) is 1.84. The third-order valence-corrected chi connectivity index (χ3v) is 7.64. The van der Waals surface area contributed by atoms with Gasteiger partial charge in [0.15, 0.2) is 11.5 Å². The summed E-state index contributed by atoms with van der Waals surface area (Å²) in [4.78, 5) is 24.8. The molecular formula is C27H37B2N5O4. The molecule has 0 saturated carbocycles. The van der Waals surface area contributed by atoms with Crippen molar-refractivity contribution in [1.29, 1.82) is 5.26 Å². The van der Waals surface area contributed by atoms with E-state index >= 15 is 0 Å². The second-order valence-electron chi connectivity index (χ2n) is 13.0. The highest BCUT2D eigenvalue weighted by Crippen LogP contribution is 2.48. The summed E-state index contributed by atoms with van der Waals surface area (Å²) in [7, 11) is 3.54. The number of nitriles is 1. The lowest BCUT2D eigenvalue weighted by atomic mass is 9.54. The number of ether oxygens (including phenoxy) is 1. The Morgan fingerprint density at radius 3 is 2.39 bits per heavy atom. The van der Waals surface area contributed by atoms with E-state index in [4.69, 9.17) is 15.0 Å². The molecular weight excluding hydrogens is 480 g/mol. The monoisotopic (exact) mass is 517 g/mol. The van der Waals surface area contributed by atoms with Gasteiger partial charge in [0.1, 0.15) is 21.8 Å². The van der Waals surface area contributed by atoms with Crippen molar-refractivity contribution >= 4 is 32.9 Å². The van der Waals surface area contributed by atoms with Gasteiger partial charge in [-0.2, -0.15) is 5.26 Å². The summed E-state index contributed by atoms with van der Waals surface area (Å²) in [5.74, 6) is -0.451. The second-order valence-corrected chi connectivity index (χ2v) is 13.0. The molecule has 3 heterocycles. The molecule has 1 aliphatic heterocycles. The van der Waals surface area contributed by atoms with Gasteiger partial charge in [0, 0.05) is 17.8 Å². The maximum Gasteiger partial charge on any atom is 0.291 e. The highest BCUT2D eigenvalue weighted by molar-refractivity contribution is 6.32. The van der Waals surface area contributed by atoms with Crippen molar-refractivity contribution in [2.75, 3.05) is 5.32 Å². The number of hydrogen-bond acceptors (Lipinski definition) is 7. The fourth-order valence-corrected chi connectivity index (χ4v) is 6.63. The summed E-state index contributed by atoms with van der Waals surface area (Å²) in [5, 5.41) is 34.8. The summed E-state index contributed by atoms with van der Waals surface area (Å²) >= 11 is 0. The van der Waals surface area contributed by atoms with E-state index < -0.39 is 22.9 Å². The summed E-state index contributed by atoms with van der Waals surface area (Å²) in [6.07, 6.45) is 2.41. The van der Waals surface area contributed by atoms with Crippen LogP contribution in [-0.4, -0.2) is 69.6 Å². The van der Waals surface area contributed by atoms with Crippen molar-refractivity contribution in [2.24, 2.45) is 5.41 Å². The third kappa shape index (κ3) is 5.44. The van der Waals surface area contributed by atoms with E-state index in [1.807, 2.05) is 33.8 Å². The molecule has 2 unspecified atom stereocenters. The van der Waals surface area contributed by atoms with Crippen LogP contribution < -0.4 is 5.32 Å². The molecule has 11 heteroatoms. The van der Waals surface area contributed by atoms with Crippen LogP contribution in [0, 0.1) is 16.7 Å². The Morgan fingerprint density at radius 1 is 1.18 bits per heavy atom. The number of amides is 1. The zero-order valence-electron chi connectivity index (χ0n) is 23.6. The zero-order valence-corrected chi connectivity index (χ0v) is 23.6. The van der Waals surface area contributed by atoms with Crippen LogP contribution in [0.1, 0.15) is 94.4 Å². The van der Waals surface area contributed by atoms with Crippen LogP contribution in [0.2, 0.25) is 0 Å². The number of hydrogen-bond donors (Lipinski definition) is 4. The molecule has 38 heavy (non-hydrogen) atoms. The van der Waals surface area contributed by atoms with Crippen molar-refractivity contribution in [3.8, 4) is 6.07 Å². The molecule has 200 valence electrons. The van der Waals surface area contributed by atoms with E-state index in [1.54, 1.807) is 13.9 Å². The molecule has 2 atom stereocenters. The Kier molecular flexibility index (Phi) is 6.92. The number of nitrogens with one attached hydrogen (secondary N) is 2. The quantitative estimate of drug-likeness (QED) is 0.453. The summed E-state index contributed by atoms with van der Waals surface area (Å²) in [6, 6.07) is 5.60. The molecule has 0 radical (unpaired) electrons. The molecule has 1 aliphatic carbocycles. The molecule has 0 spiro atoms. The van der Waals surface area contributed by atoms with Crippen molar-refractivity contribution in [3.63, 3.8) is 0 Å². The van der Waals surface area contributed by atoms with Crippen LogP contribution in [0.25, 0.3) is 5.57 Å². The van der Waals surface area contributed by atoms with Gasteiger partial charge in [-0.05, 0) is 70.1 Å². The predicted molar refractivity (Wildman–Crippen MR) is 150 cm³/mol. The van der Waals surface area contributed by atoms with Crippen LogP contribution in [-0.2, 0) is 4.74 Å². The number of H-pyrrole nitrogens is 1. The molecule has 1 fully saturated rings. The maximum absolute atomic E-state index is 13.1. The summed E-state index contributed by atoms with van der Waals surface area (Å²) < 4.78 is 6.28. The Bertz CT molecular complexity index is 1320. The van der Waals surface area contributed by atoms with Gasteiger partial charge >= 0.3 is 0 Å². The normalized spacial score (nSPS) is 26.6. The minimum atomic E-state index is -1.30. The lowest BCUT2D eigenvalue weighted by Gasteiger charge is -2.46. The molecule has 2 aromatic rings. The van der Waals surface area contributed by atoms with E-state index in [1.165, 1.54) is 6.20 Å². The largest absolute Gasteiger partial charge is 0.394 e. The molecule has 2 aliphatic rings. The average molecular weight is 517 g/mol. The first-order valence-electron chi connectivity index (χ1n) is 13.0. The number of rotatable bonds is 4. The number of aromatic amines is 1. The zero-order chi connectivity index (χ0) is 28.3. The van der Waals surface area contributed by atoms with Crippen LogP contribution in [0.3, 0.4) is 0 Å². The smallest absolute Gasteiger partial charge is 0.291 e. The standard InChI is InChI=1S/C27H37B2N5O4/c1-24(2)13-27(29,37)18(19(28)21(24)35)20-17(34-23(36)22-31-12-15(11-30)32-22)8-7-16(33-20)14-9-25(3,4)38-26(5,6)10-14/h7-8,12,14,21,35,37H,9-10,13,28-29H2,1-6H3,(H,31,32)(H,34,36). The van der Waals surface area contributed by atoms with Gasteiger partial charge in [0.05, 0.1) is 34.2 Å². The molecule has 4 rings (SSSR count). The average Bonchev–Trinajstić information content (AvgIpc) is 3.25. The van der Waals surface area contributed by atoms with Gasteiger partial charge in [0.2, 0.25) is 0 Å². The maximum atomic E-state index is 13.1. The number of carbonyl (C=O) groups is 1. The van der Waals surface area contributed by atoms with Crippen LogP contribution in [0.4, 0.5) is 5.69 Å². The van der Waals surface area contributed by atoms with Gasteiger partial charge in [-0.15, -0.1) is 0 Å². The van der Waals surface area contributed by atoms with Gasteiger partial charge < -0.3 is 25.3 Å². The lowest BCUT2D eigenvalue weighted by molar-refractivity contribution is -0.162. The molecule has 4 N–H and O–H groups in total. The fourth-order valence-electron chi connectivity index (χ4n) is 6.63. The number of carbonyl (C=O) groups excluding carboxylic acids is 1. The van der Waals surface area contributed by atoms with E-state index in [-0.39, 0.29) is 28.6 Å². The minimum absolute atomic E-state index is 0.00761. The Balaban J connectivity index is 1.85. The highest BCUT2D eigenvalue weighted by Gasteiger charge is 2.46. The molecule has 9 nitrogen and oxygen atoms in total. The number of pyridine rings is 1. The van der Waals surface area contributed by atoms with Crippen LogP contribution in [0.5, 0.6) is 0 Å². The molecule has 2 aromatic heterocycles. The van der Waals surface area contributed by atoms with Crippen LogP contribution in [0.15, 0.2) is 23.8 Å². The first-order chi connectivity index (χ1) is 17.4. The van der Waals surface area contributed by atoms with E-state index in [0.717, 1.165) is 18.5 Å². The minimum Gasteiger partial charge on any atom is -0.394 e. The van der Waals surface area contributed by atoms with Gasteiger partial charge in [-0.3, -0.25) is 9.78 Å². The van der Waals surface area contributed by atoms with Crippen molar-refractivity contribution in [1.82, 2.24) is 15.0 Å². The molecule has 0 aromatic carbocycles. The lowest BCUT2D eigenvalue weighted by Crippen LogP contribution is -2.48. The number of aliphatic hydroxyl groups is 2. The summed E-state index contributed by atoms with van der Waals surface area (Å²) in [6.45, 7) is 12.2. The van der Waals surface area contributed by atoms with Gasteiger partial charge in [0.25, 0.3) is 5.91 Å². The first kappa shape index (κ1) is 28.1. The SMILES string of the molecule is BC1=C(c2nc(C3CC(C)(C)OC(C)(C)C3)ccc2NC(=O)c2nc(C#N)c[nH]2)C(B)(O)CC(C)(C)C1O. The number of nitrogens with zero attached hydrogens (tertiary/aromatic N) is 3. The van der Waals surface area contributed by atoms with Crippen molar-refractivity contribution < 1.29 is 19.7 Å². The molecule has 1 saturated heterocycles. The van der Waals surface area contributed by atoms with Gasteiger partial charge in [-0.25, -0.2) is 4.98 Å². The highest BCUT2D eigenvalue weighted by atomic mass is 16.5. The second kappa shape index (κ2) is 9.37. The number of aliphatic hydroxyl groups excluding tert-OH is 1. The van der Waals surface area contributed by atoms with Crippen LogP contribution >= 0.6 is 0 Å². The van der Waals surface area contributed by atoms with Crippen molar-refractivity contribution in [2.45, 2.75) is 89.5 Å². The number of anilines is 1. The topological polar surface area (TPSA) is 144 Å². The Morgan fingerprint density at radius 2 is 1.82 bits per heavy atom. The third-order valence-electron chi connectivity index (χ3n) is 7.64. The number of imidazole rings is 1. The molecule has 0 bridgehead atoms. The fraction of sp³-hybridized carbons (Fsp3) is 0.556. The van der Waals surface area contributed by atoms with E-state index in [2.05, 4.69) is 43.0 Å². The van der Waals surface area contributed by atoms with E-state index in [0.29, 0.717) is 28.8 Å². The Hall–Kier alpha value is -2.93. The Labute approximate surface area is 225 Å².